The maximum Gasteiger partial charge on any atom is 0.391 e. The van der Waals surface area contributed by atoms with Crippen molar-refractivity contribution in [1.82, 2.24) is 5.32 Å². The molecule has 2 aliphatic rings. The van der Waals surface area contributed by atoms with E-state index in [0.717, 1.165) is 12.1 Å². The third-order valence-corrected chi connectivity index (χ3v) is 6.86. The van der Waals surface area contributed by atoms with Crippen molar-refractivity contribution >= 4 is 23.3 Å². The van der Waals surface area contributed by atoms with E-state index in [1.54, 1.807) is 0 Å². The number of Topliss-reactive ketones (excluding diaryl/α,β-unsaturated/α-hetero) is 1. The van der Waals surface area contributed by atoms with E-state index in [-0.39, 0.29) is 47.4 Å². The monoisotopic (exact) mass is 471 g/mol. The molecule has 4 rings (SSSR count). The third-order valence-electron chi connectivity index (χ3n) is 6.56. The number of halogens is 6. The summed E-state index contributed by atoms with van der Waals surface area (Å²) in [4.78, 5) is 26.1. The second-order valence-corrected chi connectivity index (χ2v) is 8.91. The van der Waals surface area contributed by atoms with Gasteiger partial charge in [0.1, 0.15) is 17.6 Å². The fraction of sp³-hybridized carbons (Fsp3) is 0.391. The lowest BCUT2D eigenvalue weighted by Crippen LogP contribution is -2.50. The Labute approximate surface area is 185 Å². The molecular weight excluding hydrogens is 453 g/mol. The van der Waals surface area contributed by atoms with Gasteiger partial charge in [0.2, 0.25) is 5.91 Å². The van der Waals surface area contributed by atoms with Crippen LogP contribution in [-0.2, 0) is 9.59 Å². The normalized spacial score (nSPS) is 26.0. The molecule has 1 saturated carbocycles. The zero-order valence-corrected chi connectivity index (χ0v) is 17.7. The molecule has 1 saturated heterocycles. The van der Waals surface area contributed by atoms with Crippen LogP contribution in [0.1, 0.15) is 42.7 Å². The smallest absolute Gasteiger partial charge is 0.343 e. The third kappa shape index (κ3) is 3.78. The first-order valence-electron chi connectivity index (χ1n) is 10.1. The standard InChI is InChI=1S/C23H19ClF5NO2/c1-11-8-17(25)15(12-2-3-16(24)18(26)9-12)10-14(11)19-20(31)22(30-21(19)32)6-4-13(5-7-22)23(27,28)29/h2-3,8-10,13,19H,4-7H2,1H3,(H,30,32). The molecule has 9 heteroatoms. The van der Waals surface area contributed by atoms with Crippen LogP contribution in [0.5, 0.6) is 0 Å². The van der Waals surface area contributed by atoms with Gasteiger partial charge in [-0.2, -0.15) is 13.2 Å². The number of carbonyl (C=O) groups is 2. The van der Waals surface area contributed by atoms with E-state index >= 15 is 0 Å². The molecule has 32 heavy (non-hydrogen) atoms. The van der Waals surface area contributed by atoms with E-state index in [9.17, 15) is 31.5 Å². The van der Waals surface area contributed by atoms with Crippen LogP contribution in [0.4, 0.5) is 22.0 Å². The van der Waals surface area contributed by atoms with Gasteiger partial charge in [0.05, 0.1) is 16.5 Å². The highest BCUT2D eigenvalue weighted by molar-refractivity contribution is 6.30. The summed E-state index contributed by atoms with van der Waals surface area (Å²) >= 11 is 5.69. The first-order valence-corrected chi connectivity index (χ1v) is 10.5. The second kappa shape index (κ2) is 7.83. The van der Waals surface area contributed by atoms with Crippen LogP contribution < -0.4 is 5.32 Å². The fourth-order valence-corrected chi connectivity index (χ4v) is 4.86. The van der Waals surface area contributed by atoms with Crippen LogP contribution in [0.15, 0.2) is 30.3 Å². The van der Waals surface area contributed by atoms with Gasteiger partial charge in [0.15, 0.2) is 5.78 Å². The first-order chi connectivity index (χ1) is 14.9. The number of benzene rings is 2. The van der Waals surface area contributed by atoms with Gasteiger partial charge in [0.25, 0.3) is 0 Å². The average Bonchev–Trinajstić information content (AvgIpc) is 2.94. The van der Waals surface area contributed by atoms with Gasteiger partial charge >= 0.3 is 6.18 Å². The van der Waals surface area contributed by atoms with Gasteiger partial charge < -0.3 is 5.32 Å². The number of hydrogen-bond donors (Lipinski definition) is 1. The zero-order chi connectivity index (χ0) is 23.4. The number of amides is 1. The van der Waals surface area contributed by atoms with Gasteiger partial charge in [-0.15, -0.1) is 0 Å². The highest BCUT2D eigenvalue weighted by Gasteiger charge is 2.56. The molecule has 2 fully saturated rings. The maximum atomic E-state index is 14.7. The fourth-order valence-electron chi connectivity index (χ4n) is 4.74. The first kappa shape index (κ1) is 22.7. The van der Waals surface area contributed by atoms with E-state index in [2.05, 4.69) is 5.32 Å². The van der Waals surface area contributed by atoms with E-state index in [4.69, 9.17) is 11.6 Å². The lowest BCUT2D eigenvalue weighted by molar-refractivity contribution is -0.185. The Morgan fingerprint density at radius 3 is 2.28 bits per heavy atom. The van der Waals surface area contributed by atoms with Crippen molar-refractivity contribution in [3.8, 4) is 11.1 Å². The average molecular weight is 472 g/mol. The maximum absolute atomic E-state index is 14.7. The number of carbonyl (C=O) groups excluding carboxylic acids is 2. The summed E-state index contributed by atoms with van der Waals surface area (Å²) in [6.45, 7) is 1.54. The highest BCUT2D eigenvalue weighted by atomic mass is 35.5. The van der Waals surface area contributed by atoms with Gasteiger partial charge in [-0.05, 0) is 73.6 Å². The van der Waals surface area contributed by atoms with Crippen molar-refractivity contribution in [2.45, 2.75) is 50.2 Å². The van der Waals surface area contributed by atoms with Crippen LogP contribution >= 0.6 is 11.6 Å². The predicted octanol–water partition coefficient (Wildman–Crippen LogP) is 5.87. The summed E-state index contributed by atoms with van der Waals surface area (Å²) in [5.41, 5.74) is -0.596. The number of nitrogens with one attached hydrogen (secondary N) is 1. The Hall–Kier alpha value is -2.48. The molecule has 2 aromatic rings. The molecule has 1 aliphatic heterocycles. The molecule has 0 aromatic heterocycles. The molecule has 170 valence electrons. The van der Waals surface area contributed by atoms with Crippen molar-refractivity contribution in [2.24, 2.45) is 5.92 Å². The Morgan fingerprint density at radius 2 is 1.69 bits per heavy atom. The van der Waals surface area contributed by atoms with Gasteiger partial charge in [0, 0.05) is 5.56 Å². The van der Waals surface area contributed by atoms with Crippen LogP contribution in [0.2, 0.25) is 5.02 Å². The Balaban J connectivity index is 1.69. The minimum atomic E-state index is -4.34. The molecule has 1 atom stereocenters. The summed E-state index contributed by atoms with van der Waals surface area (Å²) < 4.78 is 67.7. The largest absolute Gasteiger partial charge is 0.391 e. The molecular formula is C23H19ClF5NO2. The van der Waals surface area contributed by atoms with Crippen molar-refractivity contribution in [2.75, 3.05) is 0 Å². The van der Waals surface area contributed by atoms with Crippen LogP contribution in [-0.4, -0.2) is 23.4 Å². The van der Waals surface area contributed by atoms with E-state index in [0.29, 0.717) is 5.56 Å². The van der Waals surface area contributed by atoms with Gasteiger partial charge in [-0.1, -0.05) is 17.7 Å². The lowest BCUT2D eigenvalue weighted by Gasteiger charge is -2.36. The van der Waals surface area contributed by atoms with Gasteiger partial charge in [-0.3, -0.25) is 9.59 Å². The quantitative estimate of drug-likeness (QED) is 0.440. The van der Waals surface area contributed by atoms with Crippen molar-refractivity contribution < 1.29 is 31.5 Å². The molecule has 0 bridgehead atoms. The molecule has 1 N–H and O–H groups in total. The van der Waals surface area contributed by atoms with E-state index in [1.165, 1.54) is 25.1 Å². The minimum Gasteiger partial charge on any atom is -0.343 e. The summed E-state index contributed by atoms with van der Waals surface area (Å²) in [5.74, 6) is -5.32. The molecule has 1 unspecified atom stereocenters. The molecule has 1 heterocycles. The molecule has 1 spiro atoms. The lowest BCUT2D eigenvalue weighted by atomic mass is 9.72. The number of ketones is 1. The summed E-state index contributed by atoms with van der Waals surface area (Å²) in [7, 11) is 0. The number of aryl methyl sites for hydroxylation is 1. The van der Waals surface area contributed by atoms with Crippen molar-refractivity contribution in [3.63, 3.8) is 0 Å². The Kier molecular flexibility index (Phi) is 5.56. The van der Waals surface area contributed by atoms with Gasteiger partial charge in [-0.25, -0.2) is 8.78 Å². The minimum absolute atomic E-state index is 0.0107. The van der Waals surface area contributed by atoms with E-state index in [1.807, 2.05) is 0 Å². The van der Waals surface area contributed by atoms with Crippen LogP contribution in [0.3, 0.4) is 0 Å². The van der Waals surface area contributed by atoms with Crippen LogP contribution in [0.25, 0.3) is 11.1 Å². The summed E-state index contributed by atoms with van der Waals surface area (Å²) in [5, 5.41) is 2.49. The number of alkyl halides is 3. The Bertz CT molecular complexity index is 1110. The number of rotatable bonds is 2. The number of hydrogen-bond acceptors (Lipinski definition) is 2. The summed E-state index contributed by atoms with van der Waals surface area (Å²) in [6.07, 6.45) is -5.05. The Morgan fingerprint density at radius 1 is 1.03 bits per heavy atom. The molecule has 3 nitrogen and oxygen atoms in total. The van der Waals surface area contributed by atoms with E-state index < -0.39 is 46.9 Å². The SMILES string of the molecule is Cc1cc(F)c(-c2ccc(Cl)c(F)c2)cc1C1C(=O)NC2(CCC(C(F)(F)F)CC2)C1=O. The summed E-state index contributed by atoms with van der Waals surface area (Å²) in [6, 6.07) is 6.22. The highest BCUT2D eigenvalue weighted by Crippen LogP contribution is 2.46. The van der Waals surface area contributed by atoms with Crippen LogP contribution in [0, 0.1) is 24.5 Å². The molecule has 2 aromatic carbocycles. The predicted molar refractivity (Wildman–Crippen MR) is 108 cm³/mol. The zero-order valence-electron chi connectivity index (χ0n) is 17.0. The van der Waals surface area contributed by atoms with Crippen molar-refractivity contribution in [3.05, 3.63) is 58.1 Å². The molecule has 1 aliphatic carbocycles. The topological polar surface area (TPSA) is 46.2 Å². The molecule has 1 amide bonds. The van der Waals surface area contributed by atoms with Crippen molar-refractivity contribution in [1.29, 1.82) is 0 Å². The molecule has 0 radical (unpaired) electrons. The second-order valence-electron chi connectivity index (χ2n) is 8.50.